The van der Waals surface area contributed by atoms with E-state index in [2.05, 4.69) is 4.98 Å². The molecule has 0 spiro atoms. The van der Waals surface area contributed by atoms with Crippen LogP contribution >= 0.6 is 0 Å². The maximum absolute atomic E-state index is 11.9. The van der Waals surface area contributed by atoms with Crippen molar-refractivity contribution in [3.05, 3.63) is 30.0 Å². The number of carbonyl (C=O) groups is 1. The minimum atomic E-state index is -0.496. The van der Waals surface area contributed by atoms with Crippen LogP contribution in [0, 0.1) is 0 Å². The predicted octanol–water partition coefficient (Wildman–Crippen LogP) is 3.28. The first kappa shape index (κ1) is 15.2. The predicted molar refractivity (Wildman–Crippen MR) is 82.5 cm³/mol. The van der Waals surface area contributed by atoms with Crippen LogP contribution in [0.2, 0.25) is 0 Å². The number of rotatable bonds is 3. The van der Waals surface area contributed by atoms with Gasteiger partial charge in [-0.3, -0.25) is 0 Å². The van der Waals surface area contributed by atoms with Gasteiger partial charge in [-0.1, -0.05) is 6.07 Å². The molecule has 2 rings (SSSR count). The van der Waals surface area contributed by atoms with Crippen LogP contribution in [0.5, 0.6) is 5.75 Å². The van der Waals surface area contributed by atoms with Gasteiger partial charge < -0.3 is 19.7 Å². The molecule has 0 aliphatic heterocycles. The van der Waals surface area contributed by atoms with E-state index in [9.17, 15) is 9.90 Å². The number of carbonyl (C=O) groups excluding carboxylic acids is 1. The summed E-state index contributed by atoms with van der Waals surface area (Å²) in [5.74, 6) is 0.253. The van der Waals surface area contributed by atoms with Gasteiger partial charge in [0.2, 0.25) is 0 Å². The van der Waals surface area contributed by atoms with Crippen LogP contribution in [0.3, 0.4) is 0 Å². The van der Waals surface area contributed by atoms with Crippen LogP contribution in [0.4, 0.5) is 4.79 Å². The largest absolute Gasteiger partial charge is 0.507 e. The Kier molecular flexibility index (Phi) is 4.11. The van der Waals surface area contributed by atoms with Crippen LogP contribution in [-0.2, 0) is 11.2 Å². The van der Waals surface area contributed by atoms with Crippen LogP contribution in [0.15, 0.2) is 24.4 Å². The van der Waals surface area contributed by atoms with E-state index in [0.29, 0.717) is 13.0 Å². The lowest BCUT2D eigenvalue weighted by molar-refractivity contribution is 0.0301. The molecule has 0 bridgehead atoms. The van der Waals surface area contributed by atoms with Crippen molar-refractivity contribution in [1.29, 1.82) is 0 Å². The summed E-state index contributed by atoms with van der Waals surface area (Å²) < 4.78 is 5.31. The standard InChI is InChI=1S/C16H22N2O3/c1-16(2,3)21-15(20)18(4)9-8-11-10-17-12-6-5-7-13(19)14(11)12/h5-7,10,17,19H,8-9H2,1-4H3. The fraction of sp³-hybridized carbons (Fsp3) is 0.438. The van der Waals surface area contributed by atoms with Crippen molar-refractivity contribution in [2.45, 2.75) is 32.8 Å². The molecule has 2 aromatic rings. The van der Waals surface area contributed by atoms with Gasteiger partial charge in [-0.25, -0.2) is 4.79 Å². The third-order valence-electron chi connectivity index (χ3n) is 3.19. The molecule has 1 amide bonds. The van der Waals surface area contributed by atoms with E-state index in [1.54, 1.807) is 24.1 Å². The van der Waals surface area contributed by atoms with Crippen molar-refractivity contribution in [2.75, 3.05) is 13.6 Å². The Bertz CT molecular complexity index is 640. The highest BCUT2D eigenvalue weighted by molar-refractivity contribution is 5.89. The maximum atomic E-state index is 11.9. The molecule has 0 aliphatic carbocycles. The summed E-state index contributed by atoms with van der Waals surface area (Å²) in [6.07, 6.45) is 2.17. The second-order valence-electron chi connectivity index (χ2n) is 6.17. The lowest BCUT2D eigenvalue weighted by Gasteiger charge is -2.24. The number of nitrogens with zero attached hydrogens (tertiary/aromatic N) is 1. The van der Waals surface area contributed by atoms with Gasteiger partial charge >= 0.3 is 6.09 Å². The Labute approximate surface area is 124 Å². The number of fused-ring (bicyclic) bond motifs is 1. The third kappa shape index (κ3) is 3.68. The van der Waals surface area contributed by atoms with E-state index in [1.165, 1.54) is 0 Å². The number of hydrogen-bond acceptors (Lipinski definition) is 3. The Balaban J connectivity index is 2.03. The Morgan fingerprint density at radius 2 is 2.10 bits per heavy atom. The first-order valence-corrected chi connectivity index (χ1v) is 7.00. The molecular formula is C16H22N2O3. The number of hydrogen-bond donors (Lipinski definition) is 2. The van der Waals surface area contributed by atoms with Crippen LogP contribution < -0.4 is 0 Å². The number of H-pyrrole nitrogens is 1. The van der Waals surface area contributed by atoms with Gasteiger partial charge in [-0.05, 0) is 44.9 Å². The summed E-state index contributed by atoms with van der Waals surface area (Å²) in [5, 5.41) is 10.8. The van der Waals surface area contributed by atoms with Gasteiger partial charge in [0.25, 0.3) is 0 Å². The summed E-state index contributed by atoms with van der Waals surface area (Å²) in [5.41, 5.74) is 1.38. The highest BCUT2D eigenvalue weighted by Gasteiger charge is 2.19. The number of benzene rings is 1. The summed E-state index contributed by atoms with van der Waals surface area (Å²) in [7, 11) is 1.71. The van der Waals surface area contributed by atoms with E-state index >= 15 is 0 Å². The van der Waals surface area contributed by atoms with E-state index in [-0.39, 0.29) is 11.8 Å². The van der Waals surface area contributed by atoms with Crippen molar-refractivity contribution in [2.24, 2.45) is 0 Å². The van der Waals surface area contributed by atoms with Crippen LogP contribution in [-0.4, -0.2) is 40.3 Å². The smallest absolute Gasteiger partial charge is 0.410 e. The highest BCUT2D eigenvalue weighted by Crippen LogP contribution is 2.27. The zero-order chi connectivity index (χ0) is 15.6. The van der Waals surface area contributed by atoms with E-state index < -0.39 is 5.60 Å². The molecule has 0 atom stereocenters. The molecule has 1 aromatic heterocycles. The highest BCUT2D eigenvalue weighted by atomic mass is 16.6. The molecule has 1 heterocycles. The number of aromatic amines is 1. The van der Waals surface area contributed by atoms with Gasteiger partial charge in [0.15, 0.2) is 0 Å². The minimum Gasteiger partial charge on any atom is -0.507 e. The summed E-state index contributed by atoms with van der Waals surface area (Å²) in [6.45, 7) is 6.06. The number of aromatic hydroxyl groups is 1. The molecule has 2 N–H and O–H groups in total. The Morgan fingerprint density at radius 1 is 1.38 bits per heavy atom. The molecule has 0 saturated heterocycles. The molecule has 5 heteroatoms. The number of ether oxygens (including phenoxy) is 1. The molecule has 1 aromatic carbocycles. The molecule has 0 fully saturated rings. The number of nitrogens with one attached hydrogen (secondary N) is 1. The van der Waals surface area contributed by atoms with Gasteiger partial charge in [0, 0.05) is 30.7 Å². The van der Waals surface area contributed by atoms with E-state index in [1.807, 2.05) is 33.0 Å². The molecule has 0 unspecified atom stereocenters. The Morgan fingerprint density at radius 3 is 2.76 bits per heavy atom. The number of amides is 1. The summed E-state index contributed by atoms with van der Waals surface area (Å²) >= 11 is 0. The lowest BCUT2D eigenvalue weighted by atomic mass is 10.1. The first-order valence-electron chi connectivity index (χ1n) is 7.00. The van der Waals surface area contributed by atoms with Gasteiger partial charge in [-0.15, -0.1) is 0 Å². The number of aromatic nitrogens is 1. The van der Waals surface area contributed by atoms with E-state index in [0.717, 1.165) is 16.5 Å². The molecule has 0 saturated carbocycles. The van der Waals surface area contributed by atoms with Crippen molar-refractivity contribution < 1.29 is 14.6 Å². The maximum Gasteiger partial charge on any atom is 0.410 e. The lowest BCUT2D eigenvalue weighted by Crippen LogP contribution is -2.35. The van der Waals surface area contributed by atoms with Crippen molar-refractivity contribution in [3.8, 4) is 5.75 Å². The quantitative estimate of drug-likeness (QED) is 0.911. The van der Waals surface area contributed by atoms with E-state index in [4.69, 9.17) is 4.74 Å². The molecule has 114 valence electrons. The third-order valence-corrected chi connectivity index (χ3v) is 3.19. The monoisotopic (exact) mass is 290 g/mol. The van der Waals surface area contributed by atoms with Gasteiger partial charge in [0.05, 0.1) is 0 Å². The molecule has 5 nitrogen and oxygen atoms in total. The van der Waals surface area contributed by atoms with Gasteiger partial charge in [0.1, 0.15) is 11.4 Å². The number of likely N-dealkylation sites (N-methyl/N-ethyl adjacent to an activating group) is 1. The second-order valence-corrected chi connectivity index (χ2v) is 6.17. The normalized spacial score (nSPS) is 11.6. The van der Waals surface area contributed by atoms with Crippen molar-refractivity contribution >= 4 is 17.0 Å². The van der Waals surface area contributed by atoms with Gasteiger partial charge in [-0.2, -0.15) is 0 Å². The number of phenols is 1. The van der Waals surface area contributed by atoms with Crippen LogP contribution in [0.1, 0.15) is 26.3 Å². The molecule has 21 heavy (non-hydrogen) atoms. The van der Waals surface area contributed by atoms with Crippen molar-refractivity contribution in [3.63, 3.8) is 0 Å². The zero-order valence-electron chi connectivity index (χ0n) is 12.9. The topological polar surface area (TPSA) is 65.6 Å². The summed E-state index contributed by atoms with van der Waals surface area (Å²) in [6, 6.07) is 5.37. The molecule has 0 aliphatic rings. The molecule has 0 radical (unpaired) electrons. The van der Waals surface area contributed by atoms with Crippen molar-refractivity contribution in [1.82, 2.24) is 9.88 Å². The average Bonchev–Trinajstić information content (AvgIpc) is 2.78. The SMILES string of the molecule is CN(CCc1c[nH]c2cccc(O)c12)C(=O)OC(C)(C)C. The fourth-order valence-corrected chi connectivity index (χ4v) is 2.15. The second kappa shape index (κ2) is 5.68. The first-order chi connectivity index (χ1) is 9.78. The minimum absolute atomic E-state index is 0.253. The number of phenolic OH excluding ortho intramolecular Hbond substituents is 1. The zero-order valence-corrected chi connectivity index (χ0v) is 12.9. The average molecular weight is 290 g/mol. The fourth-order valence-electron chi connectivity index (χ4n) is 2.15. The molecular weight excluding hydrogens is 268 g/mol. The Hall–Kier alpha value is -2.17. The summed E-state index contributed by atoms with van der Waals surface area (Å²) in [4.78, 5) is 16.6. The van der Waals surface area contributed by atoms with Crippen LogP contribution in [0.25, 0.3) is 10.9 Å².